The highest BCUT2D eigenvalue weighted by molar-refractivity contribution is 9.11. The van der Waals surface area contributed by atoms with Crippen LogP contribution in [-0.2, 0) is 13.7 Å². The topological polar surface area (TPSA) is 57.0 Å². The number of hydrogen-bond donors (Lipinski definition) is 0. The highest BCUT2D eigenvalue weighted by Gasteiger charge is 2.14. The maximum absolute atomic E-state index is 12.2. The SMILES string of the molecule is Cc1cc(OCc2nnc(SCC(=O)c3ccc(Br)s3)n2C)ccc1Cl. The third-order valence-corrected chi connectivity index (χ3v) is 6.71. The van der Waals surface area contributed by atoms with Crippen molar-refractivity contribution in [2.75, 3.05) is 5.75 Å². The first-order valence-corrected chi connectivity index (χ1v) is 10.6. The van der Waals surface area contributed by atoms with E-state index in [2.05, 4.69) is 26.1 Å². The zero-order chi connectivity index (χ0) is 18.7. The normalized spacial score (nSPS) is 10.9. The van der Waals surface area contributed by atoms with Crippen molar-refractivity contribution in [1.82, 2.24) is 14.8 Å². The second kappa shape index (κ2) is 8.56. The summed E-state index contributed by atoms with van der Waals surface area (Å²) in [6.07, 6.45) is 0. The molecule has 3 aromatic rings. The van der Waals surface area contributed by atoms with E-state index in [1.165, 1.54) is 23.1 Å². The molecule has 0 fully saturated rings. The van der Waals surface area contributed by atoms with Gasteiger partial charge in [-0.3, -0.25) is 4.79 Å². The molecule has 0 unspecified atom stereocenters. The maximum Gasteiger partial charge on any atom is 0.191 e. The molecule has 5 nitrogen and oxygen atoms in total. The first kappa shape index (κ1) is 19.4. The summed E-state index contributed by atoms with van der Waals surface area (Å²) in [6, 6.07) is 9.20. The highest BCUT2D eigenvalue weighted by atomic mass is 79.9. The Morgan fingerprint density at radius 3 is 2.85 bits per heavy atom. The summed E-state index contributed by atoms with van der Waals surface area (Å²) in [6.45, 7) is 2.21. The lowest BCUT2D eigenvalue weighted by Crippen LogP contribution is -2.05. The minimum atomic E-state index is 0.0724. The number of benzene rings is 1. The molecule has 0 aliphatic carbocycles. The molecule has 0 atom stereocenters. The number of halogens is 2. The zero-order valence-electron chi connectivity index (χ0n) is 14.0. The number of hydrogen-bond acceptors (Lipinski definition) is 6. The van der Waals surface area contributed by atoms with Crippen LogP contribution in [0.2, 0.25) is 5.02 Å². The predicted octanol–water partition coefficient (Wildman–Crippen LogP) is 5.15. The van der Waals surface area contributed by atoms with E-state index in [9.17, 15) is 4.79 Å². The van der Waals surface area contributed by atoms with Crippen LogP contribution < -0.4 is 4.74 Å². The van der Waals surface area contributed by atoms with Gasteiger partial charge in [0.1, 0.15) is 12.4 Å². The molecule has 3 rings (SSSR count). The molecule has 0 amide bonds. The van der Waals surface area contributed by atoms with Gasteiger partial charge in [0.2, 0.25) is 0 Å². The van der Waals surface area contributed by atoms with E-state index in [1.807, 2.05) is 42.8 Å². The predicted molar refractivity (Wildman–Crippen MR) is 109 cm³/mol. The third kappa shape index (κ3) is 4.68. The van der Waals surface area contributed by atoms with Gasteiger partial charge in [-0.2, -0.15) is 0 Å². The number of carbonyl (C=O) groups is 1. The Kier molecular flexibility index (Phi) is 6.39. The molecule has 0 saturated heterocycles. The Labute approximate surface area is 172 Å². The average Bonchev–Trinajstić information content (AvgIpc) is 3.20. The van der Waals surface area contributed by atoms with Crippen LogP contribution in [0.25, 0.3) is 0 Å². The Hall–Kier alpha value is -1.35. The molecule has 0 radical (unpaired) electrons. The van der Waals surface area contributed by atoms with E-state index < -0.39 is 0 Å². The number of rotatable bonds is 7. The van der Waals surface area contributed by atoms with Gasteiger partial charge in [0, 0.05) is 12.1 Å². The van der Waals surface area contributed by atoms with Crippen molar-refractivity contribution >= 4 is 56.4 Å². The molecule has 1 aromatic carbocycles. The molecule has 0 spiro atoms. The van der Waals surface area contributed by atoms with Crippen LogP contribution in [0.3, 0.4) is 0 Å². The lowest BCUT2D eigenvalue weighted by atomic mass is 10.2. The van der Waals surface area contributed by atoms with Crippen LogP contribution in [0, 0.1) is 6.92 Å². The Morgan fingerprint density at radius 2 is 2.15 bits per heavy atom. The Bertz CT molecular complexity index is 942. The standard InChI is InChI=1S/C17H15BrClN3O2S2/c1-10-7-11(3-4-12(10)19)24-8-16-20-21-17(22(16)2)25-9-13(23)14-5-6-15(18)26-14/h3-7H,8-9H2,1-2H3. The average molecular weight is 473 g/mol. The Balaban J connectivity index is 1.58. The van der Waals surface area contributed by atoms with E-state index in [4.69, 9.17) is 16.3 Å². The number of ether oxygens (including phenoxy) is 1. The van der Waals surface area contributed by atoms with Crippen LogP contribution in [0.5, 0.6) is 5.75 Å². The van der Waals surface area contributed by atoms with Crippen LogP contribution in [0.4, 0.5) is 0 Å². The second-order valence-electron chi connectivity index (χ2n) is 5.47. The number of aryl methyl sites for hydroxylation is 1. The molecule has 2 aromatic heterocycles. The van der Waals surface area contributed by atoms with Gasteiger partial charge in [-0.05, 0) is 58.7 Å². The third-order valence-electron chi connectivity index (χ3n) is 3.60. The lowest BCUT2D eigenvalue weighted by molar-refractivity contribution is 0.102. The largest absolute Gasteiger partial charge is 0.486 e. The number of thioether (sulfide) groups is 1. The lowest BCUT2D eigenvalue weighted by Gasteiger charge is -2.08. The fourth-order valence-electron chi connectivity index (χ4n) is 2.12. The van der Waals surface area contributed by atoms with E-state index in [0.29, 0.717) is 21.8 Å². The van der Waals surface area contributed by atoms with Crippen molar-refractivity contribution in [3.63, 3.8) is 0 Å². The van der Waals surface area contributed by atoms with E-state index in [1.54, 1.807) is 6.07 Å². The number of thiophene rings is 1. The van der Waals surface area contributed by atoms with Gasteiger partial charge in [0.05, 0.1) is 14.4 Å². The summed E-state index contributed by atoms with van der Waals surface area (Å²) in [5, 5.41) is 9.68. The summed E-state index contributed by atoms with van der Waals surface area (Å²) >= 11 is 12.2. The van der Waals surface area contributed by atoms with Crippen molar-refractivity contribution in [3.05, 3.63) is 55.4 Å². The van der Waals surface area contributed by atoms with Gasteiger partial charge < -0.3 is 9.30 Å². The van der Waals surface area contributed by atoms with Crippen molar-refractivity contribution < 1.29 is 9.53 Å². The van der Waals surface area contributed by atoms with Crippen molar-refractivity contribution in [2.45, 2.75) is 18.7 Å². The van der Waals surface area contributed by atoms with Crippen LogP contribution in [0.1, 0.15) is 21.1 Å². The van der Waals surface area contributed by atoms with Crippen LogP contribution in [-0.4, -0.2) is 26.3 Å². The molecular formula is C17H15BrClN3O2S2. The molecule has 0 aliphatic rings. The second-order valence-corrected chi connectivity index (χ2v) is 9.29. The minimum Gasteiger partial charge on any atom is -0.486 e. The van der Waals surface area contributed by atoms with Crippen LogP contribution >= 0.6 is 50.6 Å². The van der Waals surface area contributed by atoms with Gasteiger partial charge in [-0.25, -0.2) is 0 Å². The number of ketones is 1. The molecule has 9 heteroatoms. The molecule has 0 N–H and O–H groups in total. The quantitative estimate of drug-likeness (QED) is 0.351. The van der Waals surface area contributed by atoms with Gasteiger partial charge >= 0.3 is 0 Å². The molecule has 136 valence electrons. The first-order chi connectivity index (χ1) is 12.4. The Morgan fingerprint density at radius 1 is 1.35 bits per heavy atom. The van der Waals surface area contributed by atoms with Gasteiger partial charge in [0.25, 0.3) is 0 Å². The molecule has 0 aliphatic heterocycles. The molecule has 0 saturated carbocycles. The van der Waals surface area contributed by atoms with Gasteiger partial charge in [-0.15, -0.1) is 21.5 Å². The van der Waals surface area contributed by atoms with E-state index >= 15 is 0 Å². The number of Topliss-reactive ketones (excluding diaryl/α,β-unsaturated/α-hetero) is 1. The summed E-state index contributed by atoms with van der Waals surface area (Å²) in [4.78, 5) is 12.9. The molecule has 26 heavy (non-hydrogen) atoms. The van der Waals surface area contributed by atoms with Crippen LogP contribution in [0.15, 0.2) is 39.3 Å². The highest BCUT2D eigenvalue weighted by Crippen LogP contribution is 2.25. The summed E-state index contributed by atoms with van der Waals surface area (Å²) in [5.41, 5.74) is 0.956. The molecule has 0 bridgehead atoms. The molecular weight excluding hydrogens is 458 g/mol. The fourth-order valence-corrected chi connectivity index (χ4v) is 4.46. The summed E-state index contributed by atoms with van der Waals surface area (Å²) in [5.74, 6) is 1.80. The van der Waals surface area contributed by atoms with Crippen molar-refractivity contribution in [2.24, 2.45) is 7.05 Å². The van der Waals surface area contributed by atoms with Crippen molar-refractivity contribution in [1.29, 1.82) is 0 Å². The minimum absolute atomic E-state index is 0.0724. The van der Waals surface area contributed by atoms with Gasteiger partial charge in [0.15, 0.2) is 16.8 Å². The zero-order valence-corrected chi connectivity index (χ0v) is 18.0. The van der Waals surface area contributed by atoms with Gasteiger partial charge in [-0.1, -0.05) is 23.4 Å². The number of carbonyl (C=O) groups excluding carboxylic acids is 1. The number of aromatic nitrogens is 3. The maximum atomic E-state index is 12.2. The van der Waals surface area contributed by atoms with E-state index in [0.717, 1.165) is 20.0 Å². The smallest absolute Gasteiger partial charge is 0.191 e. The number of nitrogens with zero attached hydrogens (tertiary/aromatic N) is 3. The fraction of sp³-hybridized carbons (Fsp3) is 0.235. The van der Waals surface area contributed by atoms with E-state index in [-0.39, 0.29) is 12.4 Å². The summed E-state index contributed by atoms with van der Waals surface area (Å²) in [7, 11) is 1.86. The summed E-state index contributed by atoms with van der Waals surface area (Å²) < 4.78 is 8.54. The monoisotopic (exact) mass is 471 g/mol. The molecule has 2 heterocycles. The first-order valence-electron chi connectivity index (χ1n) is 7.62. The van der Waals surface area contributed by atoms with Crippen molar-refractivity contribution in [3.8, 4) is 5.75 Å².